The first kappa shape index (κ1) is 14.0. The van der Waals surface area contributed by atoms with Crippen LogP contribution in [0.25, 0.3) is 0 Å². The molecule has 0 heterocycles. The second-order valence-corrected chi connectivity index (χ2v) is 7.38. The van der Waals surface area contributed by atoms with Crippen molar-refractivity contribution in [2.75, 3.05) is 19.6 Å². The molecule has 0 aromatic carbocycles. The summed E-state index contributed by atoms with van der Waals surface area (Å²) in [7, 11) is 0. The number of rotatable bonds is 5. The Morgan fingerprint density at radius 2 is 1.44 bits per heavy atom. The molecule has 1 fully saturated rings. The second kappa shape index (κ2) is 4.30. The summed E-state index contributed by atoms with van der Waals surface area (Å²) >= 11 is 0. The highest BCUT2D eigenvalue weighted by Crippen LogP contribution is 2.67. The molecule has 0 saturated heterocycles. The predicted molar refractivity (Wildman–Crippen MR) is 71.7 cm³/mol. The maximum absolute atomic E-state index is 3.57. The molecule has 0 radical (unpaired) electrons. The van der Waals surface area contributed by atoms with Crippen molar-refractivity contribution in [1.82, 2.24) is 10.6 Å². The molecule has 0 unspecified atom stereocenters. The molecule has 1 aliphatic rings. The number of hydrogen-bond acceptors (Lipinski definition) is 2. The Morgan fingerprint density at radius 3 is 1.81 bits per heavy atom. The minimum atomic E-state index is 0.236. The maximum atomic E-state index is 3.57. The van der Waals surface area contributed by atoms with Gasteiger partial charge in [0.05, 0.1) is 0 Å². The van der Waals surface area contributed by atoms with E-state index < -0.39 is 0 Å². The van der Waals surface area contributed by atoms with Crippen molar-refractivity contribution in [2.45, 2.75) is 54.0 Å². The molecule has 0 atom stereocenters. The van der Waals surface area contributed by atoms with Gasteiger partial charge in [-0.1, -0.05) is 27.7 Å². The molecule has 0 amide bonds. The van der Waals surface area contributed by atoms with Crippen LogP contribution in [0.2, 0.25) is 0 Å². The SMILES string of the molecule is CC(C)(C)NCCNCC1C(C)(C)C1(C)C. The van der Waals surface area contributed by atoms with Crippen LogP contribution in [0.4, 0.5) is 0 Å². The molecular formula is C14H30N2. The topological polar surface area (TPSA) is 24.1 Å². The number of hydrogen-bond donors (Lipinski definition) is 2. The van der Waals surface area contributed by atoms with E-state index in [1.807, 2.05) is 0 Å². The lowest BCUT2D eigenvalue weighted by molar-refractivity contribution is 0.416. The third kappa shape index (κ3) is 2.98. The summed E-state index contributed by atoms with van der Waals surface area (Å²) in [5.74, 6) is 0.828. The minimum Gasteiger partial charge on any atom is -0.315 e. The Kier molecular flexibility index (Phi) is 3.76. The van der Waals surface area contributed by atoms with Gasteiger partial charge in [0.1, 0.15) is 0 Å². The van der Waals surface area contributed by atoms with Gasteiger partial charge in [-0.05, 0) is 44.1 Å². The van der Waals surface area contributed by atoms with Gasteiger partial charge in [0.2, 0.25) is 0 Å². The van der Waals surface area contributed by atoms with E-state index in [0.717, 1.165) is 25.6 Å². The van der Waals surface area contributed by atoms with Crippen molar-refractivity contribution in [3.05, 3.63) is 0 Å². The lowest BCUT2D eigenvalue weighted by Gasteiger charge is -2.20. The van der Waals surface area contributed by atoms with Crippen LogP contribution < -0.4 is 10.6 Å². The summed E-state index contributed by atoms with van der Waals surface area (Å²) in [6, 6.07) is 0. The van der Waals surface area contributed by atoms with E-state index in [-0.39, 0.29) is 5.54 Å². The largest absolute Gasteiger partial charge is 0.315 e. The molecule has 1 rings (SSSR count). The maximum Gasteiger partial charge on any atom is 0.00970 e. The summed E-state index contributed by atoms with van der Waals surface area (Å²) in [4.78, 5) is 0. The smallest absolute Gasteiger partial charge is 0.00970 e. The van der Waals surface area contributed by atoms with Crippen molar-refractivity contribution in [2.24, 2.45) is 16.7 Å². The van der Waals surface area contributed by atoms with E-state index in [1.54, 1.807) is 0 Å². The highest BCUT2D eigenvalue weighted by atomic mass is 15.0. The van der Waals surface area contributed by atoms with Gasteiger partial charge in [-0.25, -0.2) is 0 Å². The zero-order valence-corrected chi connectivity index (χ0v) is 12.2. The van der Waals surface area contributed by atoms with Crippen LogP contribution in [0.5, 0.6) is 0 Å². The van der Waals surface area contributed by atoms with Gasteiger partial charge in [-0.3, -0.25) is 0 Å². The Hall–Kier alpha value is -0.0800. The van der Waals surface area contributed by atoms with Crippen LogP contribution in [0.1, 0.15) is 48.5 Å². The van der Waals surface area contributed by atoms with E-state index >= 15 is 0 Å². The summed E-state index contributed by atoms with van der Waals surface area (Å²) in [6.45, 7) is 19.4. The van der Waals surface area contributed by atoms with Crippen LogP contribution in [0, 0.1) is 16.7 Å². The molecule has 1 saturated carbocycles. The van der Waals surface area contributed by atoms with E-state index in [4.69, 9.17) is 0 Å². The van der Waals surface area contributed by atoms with Gasteiger partial charge in [0, 0.05) is 18.6 Å². The Balaban J connectivity index is 2.10. The molecular weight excluding hydrogens is 196 g/mol. The summed E-state index contributed by atoms with van der Waals surface area (Å²) < 4.78 is 0. The molecule has 0 spiro atoms. The average molecular weight is 226 g/mol. The third-order valence-electron chi connectivity index (χ3n) is 4.63. The zero-order valence-electron chi connectivity index (χ0n) is 12.2. The van der Waals surface area contributed by atoms with Gasteiger partial charge in [-0.2, -0.15) is 0 Å². The fraction of sp³-hybridized carbons (Fsp3) is 1.00. The predicted octanol–water partition coefficient (Wildman–Crippen LogP) is 2.65. The summed E-state index contributed by atoms with van der Waals surface area (Å²) in [6.07, 6.45) is 0. The fourth-order valence-electron chi connectivity index (χ4n) is 2.62. The van der Waals surface area contributed by atoms with Crippen molar-refractivity contribution in [1.29, 1.82) is 0 Å². The van der Waals surface area contributed by atoms with Crippen LogP contribution in [0.15, 0.2) is 0 Å². The van der Waals surface area contributed by atoms with Crippen LogP contribution in [0.3, 0.4) is 0 Å². The van der Waals surface area contributed by atoms with Crippen LogP contribution in [-0.2, 0) is 0 Å². The molecule has 2 nitrogen and oxygen atoms in total. The second-order valence-electron chi connectivity index (χ2n) is 7.38. The molecule has 1 aliphatic carbocycles. The Morgan fingerprint density at radius 1 is 0.938 bits per heavy atom. The standard InChI is InChI=1S/C14H30N2/c1-12(2,3)16-9-8-15-10-11-13(4,5)14(11,6)7/h11,15-16H,8-10H2,1-7H3. The van der Waals surface area contributed by atoms with E-state index in [9.17, 15) is 0 Å². The quantitative estimate of drug-likeness (QED) is 0.704. The zero-order chi connectivity index (χ0) is 12.6. The average Bonchev–Trinajstić information content (AvgIpc) is 2.44. The highest BCUT2D eigenvalue weighted by Gasteiger charge is 2.63. The van der Waals surface area contributed by atoms with Crippen molar-refractivity contribution >= 4 is 0 Å². The van der Waals surface area contributed by atoms with Crippen LogP contribution >= 0.6 is 0 Å². The van der Waals surface area contributed by atoms with Crippen LogP contribution in [-0.4, -0.2) is 25.2 Å². The lowest BCUT2D eigenvalue weighted by Crippen LogP contribution is -2.40. The molecule has 2 N–H and O–H groups in total. The molecule has 2 heteroatoms. The minimum absolute atomic E-state index is 0.236. The number of nitrogens with one attached hydrogen (secondary N) is 2. The molecule has 96 valence electrons. The van der Waals surface area contributed by atoms with Crippen molar-refractivity contribution in [3.63, 3.8) is 0 Å². The van der Waals surface area contributed by atoms with Gasteiger partial charge in [-0.15, -0.1) is 0 Å². The summed E-state index contributed by atoms with van der Waals surface area (Å²) in [5.41, 5.74) is 1.26. The van der Waals surface area contributed by atoms with E-state index in [1.165, 1.54) is 0 Å². The highest BCUT2D eigenvalue weighted by molar-refractivity contribution is 5.12. The van der Waals surface area contributed by atoms with Gasteiger partial charge >= 0.3 is 0 Å². The van der Waals surface area contributed by atoms with E-state index in [0.29, 0.717) is 10.8 Å². The summed E-state index contributed by atoms with van der Waals surface area (Å²) in [5, 5.41) is 7.06. The Bertz CT molecular complexity index is 222. The molecule has 0 aromatic heterocycles. The monoisotopic (exact) mass is 226 g/mol. The van der Waals surface area contributed by atoms with Crippen molar-refractivity contribution in [3.8, 4) is 0 Å². The normalized spacial score (nSPS) is 23.4. The third-order valence-corrected chi connectivity index (χ3v) is 4.63. The molecule has 0 bridgehead atoms. The van der Waals surface area contributed by atoms with E-state index in [2.05, 4.69) is 59.1 Å². The van der Waals surface area contributed by atoms with Crippen molar-refractivity contribution < 1.29 is 0 Å². The lowest BCUT2D eigenvalue weighted by atomic mass is 10.0. The van der Waals surface area contributed by atoms with Gasteiger partial charge in [0.15, 0.2) is 0 Å². The molecule has 0 aromatic rings. The first-order valence-corrected chi connectivity index (χ1v) is 6.55. The van der Waals surface area contributed by atoms with Gasteiger partial charge in [0.25, 0.3) is 0 Å². The molecule has 0 aliphatic heterocycles. The molecule has 16 heavy (non-hydrogen) atoms. The van der Waals surface area contributed by atoms with Gasteiger partial charge < -0.3 is 10.6 Å². The Labute approximate surface area is 102 Å². The fourth-order valence-corrected chi connectivity index (χ4v) is 2.62. The first-order chi connectivity index (χ1) is 7.09. The first-order valence-electron chi connectivity index (χ1n) is 6.55.